The number of aryl methyl sites for hydroxylation is 1. The molecule has 0 radical (unpaired) electrons. The number of amides is 2. The zero-order valence-corrected chi connectivity index (χ0v) is 15.9. The third-order valence-electron chi connectivity index (χ3n) is 4.19. The average Bonchev–Trinajstić information content (AvgIpc) is 2.66. The monoisotopic (exact) mass is 381 g/mol. The van der Waals surface area contributed by atoms with Crippen LogP contribution in [0, 0.1) is 6.92 Å². The first kappa shape index (κ1) is 18.9. The lowest BCUT2D eigenvalue weighted by Gasteiger charge is -2.10. The standard InChI is InChI=1S/C21H20ClN3O2/c1-3-23-20(26)15-6-4-5-14(9-15)12-24-21(27)18-11-16-10-17(22)7-8-19(16)25-13(18)2/h4-11H,3,12H2,1-2H3,(H,23,26)(H,24,27). The maximum Gasteiger partial charge on any atom is 0.253 e. The molecule has 0 bridgehead atoms. The van der Waals surface area contributed by atoms with E-state index in [2.05, 4.69) is 15.6 Å². The van der Waals surface area contributed by atoms with Crippen LogP contribution in [0.3, 0.4) is 0 Å². The highest BCUT2D eigenvalue weighted by atomic mass is 35.5. The summed E-state index contributed by atoms with van der Waals surface area (Å²) in [6.45, 7) is 4.56. The van der Waals surface area contributed by atoms with Gasteiger partial charge in [-0.15, -0.1) is 0 Å². The predicted molar refractivity (Wildman–Crippen MR) is 107 cm³/mol. The van der Waals surface area contributed by atoms with Gasteiger partial charge >= 0.3 is 0 Å². The fourth-order valence-corrected chi connectivity index (χ4v) is 3.02. The quantitative estimate of drug-likeness (QED) is 0.704. The molecule has 0 spiro atoms. The van der Waals surface area contributed by atoms with Gasteiger partial charge in [0.2, 0.25) is 0 Å². The summed E-state index contributed by atoms with van der Waals surface area (Å²) in [4.78, 5) is 29.0. The van der Waals surface area contributed by atoms with Crippen LogP contribution in [0.25, 0.3) is 10.9 Å². The number of aromatic nitrogens is 1. The number of benzene rings is 2. The molecule has 0 atom stereocenters. The minimum absolute atomic E-state index is 0.128. The molecule has 27 heavy (non-hydrogen) atoms. The highest BCUT2D eigenvalue weighted by Gasteiger charge is 2.12. The molecule has 0 saturated heterocycles. The van der Waals surface area contributed by atoms with Crippen molar-refractivity contribution in [1.82, 2.24) is 15.6 Å². The zero-order chi connectivity index (χ0) is 19.4. The minimum Gasteiger partial charge on any atom is -0.352 e. The van der Waals surface area contributed by atoms with Gasteiger partial charge < -0.3 is 10.6 Å². The lowest BCUT2D eigenvalue weighted by Crippen LogP contribution is -2.25. The molecule has 1 aromatic heterocycles. The van der Waals surface area contributed by atoms with Gasteiger partial charge in [-0.2, -0.15) is 0 Å². The van der Waals surface area contributed by atoms with E-state index >= 15 is 0 Å². The van der Waals surface area contributed by atoms with Crippen molar-refractivity contribution in [3.8, 4) is 0 Å². The second kappa shape index (κ2) is 8.18. The van der Waals surface area contributed by atoms with Crippen molar-refractivity contribution in [2.75, 3.05) is 6.54 Å². The molecule has 3 aromatic rings. The molecule has 1 heterocycles. The first-order valence-corrected chi connectivity index (χ1v) is 9.08. The molecule has 6 heteroatoms. The Balaban J connectivity index is 1.76. The van der Waals surface area contributed by atoms with Gasteiger partial charge in [0.1, 0.15) is 0 Å². The summed E-state index contributed by atoms with van der Waals surface area (Å²) in [7, 11) is 0. The Kier molecular flexibility index (Phi) is 5.72. The Morgan fingerprint density at radius 2 is 1.85 bits per heavy atom. The maximum absolute atomic E-state index is 12.6. The second-order valence-corrected chi connectivity index (χ2v) is 6.64. The van der Waals surface area contributed by atoms with Crippen LogP contribution >= 0.6 is 11.6 Å². The molecule has 138 valence electrons. The zero-order valence-electron chi connectivity index (χ0n) is 15.2. The van der Waals surface area contributed by atoms with Crippen LogP contribution in [0.5, 0.6) is 0 Å². The van der Waals surface area contributed by atoms with E-state index in [1.54, 1.807) is 43.3 Å². The van der Waals surface area contributed by atoms with Crippen LogP contribution < -0.4 is 10.6 Å². The molecule has 0 aliphatic carbocycles. The van der Waals surface area contributed by atoms with Crippen molar-refractivity contribution in [2.45, 2.75) is 20.4 Å². The van der Waals surface area contributed by atoms with Crippen molar-refractivity contribution in [3.63, 3.8) is 0 Å². The lowest BCUT2D eigenvalue weighted by molar-refractivity contribution is 0.0946. The Labute approximate surface area is 162 Å². The number of halogens is 1. The van der Waals surface area contributed by atoms with Gasteiger partial charge in [-0.05, 0) is 55.8 Å². The molecular formula is C21H20ClN3O2. The normalized spacial score (nSPS) is 10.6. The Bertz CT molecular complexity index is 1020. The van der Waals surface area contributed by atoms with Crippen LogP contribution in [0.2, 0.25) is 5.02 Å². The number of hydrogen-bond donors (Lipinski definition) is 2. The van der Waals surface area contributed by atoms with Crippen molar-refractivity contribution < 1.29 is 9.59 Å². The fraction of sp³-hybridized carbons (Fsp3) is 0.190. The Morgan fingerprint density at radius 1 is 1.04 bits per heavy atom. The molecule has 0 aliphatic rings. The van der Waals surface area contributed by atoms with E-state index in [1.165, 1.54) is 0 Å². The summed E-state index contributed by atoms with van der Waals surface area (Å²) in [6, 6.07) is 14.4. The summed E-state index contributed by atoms with van der Waals surface area (Å²) in [5.74, 6) is -0.345. The fourth-order valence-electron chi connectivity index (χ4n) is 2.84. The van der Waals surface area contributed by atoms with E-state index in [-0.39, 0.29) is 11.8 Å². The van der Waals surface area contributed by atoms with Gasteiger partial charge in [0, 0.05) is 29.1 Å². The Hall–Kier alpha value is -2.92. The highest BCUT2D eigenvalue weighted by molar-refractivity contribution is 6.31. The largest absolute Gasteiger partial charge is 0.352 e. The van der Waals surface area contributed by atoms with E-state index in [9.17, 15) is 9.59 Å². The van der Waals surface area contributed by atoms with E-state index in [1.807, 2.05) is 19.1 Å². The predicted octanol–water partition coefficient (Wildman–Crippen LogP) is 3.88. The Morgan fingerprint density at radius 3 is 2.63 bits per heavy atom. The van der Waals surface area contributed by atoms with Gasteiger partial charge in [-0.1, -0.05) is 23.7 Å². The maximum atomic E-state index is 12.6. The van der Waals surface area contributed by atoms with E-state index in [4.69, 9.17) is 11.6 Å². The molecular weight excluding hydrogens is 362 g/mol. The number of nitrogens with zero attached hydrogens (tertiary/aromatic N) is 1. The molecule has 2 amide bonds. The van der Waals surface area contributed by atoms with Gasteiger partial charge in [-0.25, -0.2) is 0 Å². The number of fused-ring (bicyclic) bond motifs is 1. The first-order valence-electron chi connectivity index (χ1n) is 8.70. The SMILES string of the molecule is CCNC(=O)c1cccc(CNC(=O)c2cc3cc(Cl)ccc3nc2C)c1. The van der Waals surface area contributed by atoms with Crippen molar-refractivity contribution in [3.05, 3.63) is 75.9 Å². The number of carbonyl (C=O) groups excluding carboxylic acids is 2. The molecule has 2 N–H and O–H groups in total. The van der Waals surface area contributed by atoms with Crippen LogP contribution in [0.4, 0.5) is 0 Å². The molecule has 0 aliphatic heterocycles. The first-order chi connectivity index (χ1) is 13.0. The van der Waals surface area contributed by atoms with E-state index in [0.717, 1.165) is 16.5 Å². The van der Waals surface area contributed by atoms with Crippen LogP contribution in [-0.4, -0.2) is 23.3 Å². The molecule has 5 nitrogen and oxygen atoms in total. The molecule has 0 saturated carbocycles. The second-order valence-electron chi connectivity index (χ2n) is 6.20. The number of pyridine rings is 1. The van der Waals surface area contributed by atoms with Gasteiger partial charge in [-0.3, -0.25) is 14.6 Å². The number of nitrogens with one attached hydrogen (secondary N) is 2. The van der Waals surface area contributed by atoms with Gasteiger partial charge in [0.15, 0.2) is 0 Å². The average molecular weight is 382 g/mol. The van der Waals surface area contributed by atoms with Crippen LogP contribution in [0.15, 0.2) is 48.5 Å². The summed E-state index contributed by atoms with van der Waals surface area (Å²) in [6.07, 6.45) is 0. The summed E-state index contributed by atoms with van der Waals surface area (Å²) >= 11 is 6.03. The van der Waals surface area contributed by atoms with Gasteiger partial charge in [0.25, 0.3) is 11.8 Å². The van der Waals surface area contributed by atoms with Gasteiger partial charge in [0.05, 0.1) is 16.8 Å². The molecule has 3 rings (SSSR count). The lowest BCUT2D eigenvalue weighted by atomic mass is 10.1. The number of rotatable bonds is 5. The minimum atomic E-state index is -0.217. The number of hydrogen-bond acceptors (Lipinski definition) is 3. The summed E-state index contributed by atoms with van der Waals surface area (Å²) in [5.41, 5.74) is 3.37. The summed E-state index contributed by atoms with van der Waals surface area (Å²) < 4.78 is 0. The highest BCUT2D eigenvalue weighted by Crippen LogP contribution is 2.20. The van der Waals surface area contributed by atoms with Crippen molar-refractivity contribution in [1.29, 1.82) is 0 Å². The van der Waals surface area contributed by atoms with Crippen LogP contribution in [0.1, 0.15) is 38.9 Å². The van der Waals surface area contributed by atoms with Crippen LogP contribution in [-0.2, 0) is 6.54 Å². The molecule has 2 aromatic carbocycles. The number of carbonyl (C=O) groups is 2. The smallest absolute Gasteiger partial charge is 0.253 e. The summed E-state index contributed by atoms with van der Waals surface area (Å²) in [5, 5.41) is 7.07. The third kappa shape index (κ3) is 4.44. The van der Waals surface area contributed by atoms with E-state index in [0.29, 0.717) is 34.9 Å². The topological polar surface area (TPSA) is 71.1 Å². The third-order valence-corrected chi connectivity index (χ3v) is 4.43. The van der Waals surface area contributed by atoms with Crippen molar-refractivity contribution in [2.24, 2.45) is 0 Å². The van der Waals surface area contributed by atoms with E-state index < -0.39 is 0 Å². The molecule has 0 unspecified atom stereocenters. The molecule has 0 fully saturated rings. The van der Waals surface area contributed by atoms with Crippen molar-refractivity contribution >= 4 is 34.3 Å².